The van der Waals surface area contributed by atoms with Crippen molar-refractivity contribution in [2.45, 2.75) is 6.42 Å². The van der Waals surface area contributed by atoms with E-state index in [4.69, 9.17) is 11.0 Å². The Morgan fingerprint density at radius 3 is 2.75 bits per heavy atom. The topological polar surface area (TPSA) is 78.9 Å². The molecule has 0 fully saturated rings. The van der Waals surface area contributed by atoms with Gasteiger partial charge in [-0.1, -0.05) is 34.1 Å². The number of amides is 1. The Balaban J connectivity index is 2.13. The van der Waals surface area contributed by atoms with E-state index in [1.807, 2.05) is 24.3 Å². The molecule has 3 N–H and O–H groups in total. The van der Waals surface area contributed by atoms with Gasteiger partial charge in [0.05, 0.1) is 17.7 Å². The highest BCUT2D eigenvalue weighted by molar-refractivity contribution is 9.10. The number of hydrogen-bond donors (Lipinski definition) is 2. The summed E-state index contributed by atoms with van der Waals surface area (Å²) in [5.74, 6) is -0.207. The van der Waals surface area contributed by atoms with Crippen molar-refractivity contribution in [2.75, 3.05) is 11.1 Å². The minimum atomic E-state index is -0.207. The molecular weight excluding hydrogens is 318 g/mol. The van der Waals surface area contributed by atoms with Gasteiger partial charge in [0.25, 0.3) is 0 Å². The summed E-state index contributed by atoms with van der Waals surface area (Å²) >= 11 is 3.29. The molecule has 100 valence electrons. The van der Waals surface area contributed by atoms with E-state index in [2.05, 4.69) is 21.2 Å². The molecule has 0 aromatic heterocycles. The zero-order valence-electron chi connectivity index (χ0n) is 10.6. The van der Waals surface area contributed by atoms with E-state index in [0.29, 0.717) is 16.9 Å². The molecule has 0 aliphatic heterocycles. The molecule has 1 amide bonds. The first-order chi connectivity index (χ1) is 9.60. The second-order valence-electron chi connectivity index (χ2n) is 4.23. The third-order valence-electron chi connectivity index (χ3n) is 2.78. The largest absolute Gasteiger partial charge is 0.398 e. The maximum atomic E-state index is 12.0. The molecule has 2 aromatic rings. The number of nitrogen functional groups attached to an aromatic ring is 1. The highest BCUT2D eigenvalue weighted by atomic mass is 79.9. The van der Waals surface area contributed by atoms with E-state index >= 15 is 0 Å². The minimum absolute atomic E-state index is 0.174. The van der Waals surface area contributed by atoms with Crippen LogP contribution in [0.1, 0.15) is 11.1 Å². The Morgan fingerprint density at radius 1 is 1.30 bits per heavy atom. The van der Waals surface area contributed by atoms with Crippen LogP contribution in [0.15, 0.2) is 46.9 Å². The molecule has 0 spiro atoms. The van der Waals surface area contributed by atoms with Gasteiger partial charge in [-0.2, -0.15) is 5.26 Å². The summed E-state index contributed by atoms with van der Waals surface area (Å²) in [4.78, 5) is 12.0. The lowest BCUT2D eigenvalue weighted by molar-refractivity contribution is -0.115. The number of hydrogen-bond acceptors (Lipinski definition) is 3. The van der Waals surface area contributed by atoms with Crippen molar-refractivity contribution >= 4 is 33.2 Å². The fraction of sp³-hybridized carbons (Fsp3) is 0.0667. The summed E-state index contributed by atoms with van der Waals surface area (Å²) in [6.45, 7) is 0. The van der Waals surface area contributed by atoms with Crippen LogP contribution in [-0.2, 0) is 11.2 Å². The molecule has 0 bridgehead atoms. The molecule has 5 heteroatoms. The second kappa shape index (κ2) is 6.22. The van der Waals surface area contributed by atoms with Gasteiger partial charge in [-0.05, 0) is 29.8 Å². The Kier molecular flexibility index (Phi) is 4.38. The van der Waals surface area contributed by atoms with Crippen molar-refractivity contribution in [2.24, 2.45) is 0 Å². The number of carbonyl (C=O) groups excluding carboxylic acids is 1. The van der Waals surface area contributed by atoms with E-state index < -0.39 is 0 Å². The zero-order chi connectivity index (χ0) is 14.5. The number of carbonyl (C=O) groups is 1. The van der Waals surface area contributed by atoms with Crippen LogP contribution in [0.2, 0.25) is 0 Å². The Bertz CT molecular complexity index is 692. The van der Waals surface area contributed by atoms with Gasteiger partial charge in [0, 0.05) is 10.2 Å². The number of anilines is 2. The summed E-state index contributed by atoms with van der Waals surface area (Å²) in [5, 5.41) is 11.8. The Hall–Kier alpha value is -2.32. The molecule has 0 aliphatic rings. The number of benzene rings is 2. The van der Waals surface area contributed by atoms with Gasteiger partial charge in [-0.3, -0.25) is 4.79 Å². The van der Waals surface area contributed by atoms with E-state index in [0.717, 1.165) is 10.0 Å². The van der Waals surface area contributed by atoms with Crippen LogP contribution in [0.3, 0.4) is 0 Å². The van der Waals surface area contributed by atoms with Gasteiger partial charge in [-0.15, -0.1) is 0 Å². The van der Waals surface area contributed by atoms with Crippen molar-refractivity contribution < 1.29 is 4.79 Å². The van der Waals surface area contributed by atoms with Gasteiger partial charge < -0.3 is 11.1 Å². The van der Waals surface area contributed by atoms with E-state index in [1.165, 1.54) is 0 Å². The fourth-order valence-electron chi connectivity index (χ4n) is 1.78. The summed E-state index contributed by atoms with van der Waals surface area (Å²) in [7, 11) is 0. The smallest absolute Gasteiger partial charge is 0.228 e. The highest BCUT2D eigenvalue weighted by Gasteiger charge is 2.09. The molecule has 0 atom stereocenters. The van der Waals surface area contributed by atoms with Gasteiger partial charge in [0.15, 0.2) is 0 Å². The van der Waals surface area contributed by atoms with Crippen molar-refractivity contribution in [3.05, 3.63) is 58.1 Å². The number of nitrogens with two attached hydrogens (primary N) is 1. The van der Waals surface area contributed by atoms with Crippen LogP contribution >= 0.6 is 15.9 Å². The average Bonchev–Trinajstić information content (AvgIpc) is 2.43. The molecular formula is C15H12BrN3O. The predicted molar refractivity (Wildman–Crippen MR) is 82.0 cm³/mol. The molecule has 0 saturated carbocycles. The molecule has 0 saturated heterocycles. The molecule has 0 radical (unpaired) electrons. The Labute approximate surface area is 125 Å². The van der Waals surface area contributed by atoms with Crippen molar-refractivity contribution in [1.29, 1.82) is 5.26 Å². The first kappa shape index (κ1) is 14.1. The number of nitriles is 1. The third kappa shape index (κ3) is 3.37. The molecule has 0 aliphatic carbocycles. The zero-order valence-corrected chi connectivity index (χ0v) is 12.1. The van der Waals surface area contributed by atoms with Gasteiger partial charge in [0.2, 0.25) is 5.91 Å². The lowest BCUT2D eigenvalue weighted by atomic mass is 10.1. The van der Waals surface area contributed by atoms with Gasteiger partial charge >= 0.3 is 0 Å². The predicted octanol–water partition coefficient (Wildman–Crippen LogP) is 3.08. The average molecular weight is 330 g/mol. The first-order valence-corrected chi connectivity index (χ1v) is 6.72. The maximum Gasteiger partial charge on any atom is 0.228 e. The van der Waals surface area contributed by atoms with Gasteiger partial charge in [-0.25, -0.2) is 0 Å². The monoisotopic (exact) mass is 329 g/mol. The molecule has 2 rings (SSSR count). The highest BCUT2D eigenvalue weighted by Crippen LogP contribution is 2.21. The minimum Gasteiger partial charge on any atom is -0.398 e. The van der Waals surface area contributed by atoms with E-state index in [9.17, 15) is 4.79 Å². The molecule has 0 heterocycles. The SMILES string of the molecule is N#Cc1cc(Br)ccc1NC(=O)Cc1ccccc1N. The van der Waals surface area contributed by atoms with Crippen LogP contribution in [0.4, 0.5) is 11.4 Å². The van der Waals surface area contributed by atoms with Crippen molar-refractivity contribution in [3.63, 3.8) is 0 Å². The fourth-order valence-corrected chi connectivity index (χ4v) is 2.14. The van der Waals surface area contributed by atoms with E-state index in [1.54, 1.807) is 24.3 Å². The second-order valence-corrected chi connectivity index (χ2v) is 5.14. The number of halogens is 1. The lowest BCUT2D eigenvalue weighted by Crippen LogP contribution is -2.16. The van der Waals surface area contributed by atoms with Crippen LogP contribution < -0.4 is 11.1 Å². The molecule has 2 aromatic carbocycles. The van der Waals surface area contributed by atoms with Crippen LogP contribution in [0.5, 0.6) is 0 Å². The number of para-hydroxylation sites is 1. The molecule has 0 unspecified atom stereocenters. The first-order valence-electron chi connectivity index (χ1n) is 5.93. The molecule has 20 heavy (non-hydrogen) atoms. The normalized spacial score (nSPS) is 9.80. The number of nitrogens with zero attached hydrogens (tertiary/aromatic N) is 1. The summed E-state index contributed by atoms with van der Waals surface area (Å²) < 4.78 is 0.791. The van der Waals surface area contributed by atoms with Crippen LogP contribution in [-0.4, -0.2) is 5.91 Å². The third-order valence-corrected chi connectivity index (χ3v) is 3.28. The number of rotatable bonds is 3. The maximum absolute atomic E-state index is 12.0. The van der Waals surface area contributed by atoms with Crippen molar-refractivity contribution in [3.8, 4) is 6.07 Å². The summed E-state index contributed by atoms with van der Waals surface area (Å²) in [6.07, 6.45) is 0.174. The standard InChI is InChI=1S/C15H12BrN3O/c16-12-5-6-14(11(7-12)9-17)19-15(20)8-10-3-1-2-4-13(10)18/h1-7H,8,18H2,(H,19,20). The Morgan fingerprint density at radius 2 is 2.05 bits per heavy atom. The quantitative estimate of drug-likeness (QED) is 0.849. The van der Waals surface area contributed by atoms with Crippen LogP contribution in [0, 0.1) is 11.3 Å². The summed E-state index contributed by atoms with van der Waals surface area (Å²) in [6, 6.07) is 14.4. The molecule has 4 nitrogen and oxygen atoms in total. The number of nitrogens with one attached hydrogen (secondary N) is 1. The van der Waals surface area contributed by atoms with Gasteiger partial charge in [0.1, 0.15) is 6.07 Å². The van der Waals surface area contributed by atoms with Crippen LogP contribution in [0.25, 0.3) is 0 Å². The van der Waals surface area contributed by atoms with E-state index in [-0.39, 0.29) is 12.3 Å². The summed E-state index contributed by atoms with van der Waals surface area (Å²) in [5.41, 5.74) is 8.05. The van der Waals surface area contributed by atoms with Crippen molar-refractivity contribution in [1.82, 2.24) is 0 Å². The lowest BCUT2D eigenvalue weighted by Gasteiger charge is -2.08.